The Morgan fingerprint density at radius 1 is 0.680 bits per heavy atom. The summed E-state index contributed by atoms with van der Waals surface area (Å²) in [5.41, 5.74) is 14.7. The molecule has 0 aromatic heterocycles. The Kier molecular flexibility index (Phi) is 4.68. The van der Waals surface area contributed by atoms with Gasteiger partial charge in [0.25, 0.3) is 0 Å². The summed E-state index contributed by atoms with van der Waals surface area (Å²) in [5, 5.41) is 0. The summed E-state index contributed by atoms with van der Waals surface area (Å²) >= 11 is 0. The highest BCUT2D eigenvalue weighted by Gasteiger charge is 2.24. The molecular weight excluding hydrogens is 332 g/mol. The quantitative estimate of drug-likeness (QED) is 0.783. The first-order valence-corrected chi connectivity index (χ1v) is 9.78. The van der Waals surface area contributed by atoms with Gasteiger partial charge in [0.1, 0.15) is 0 Å². The second-order valence-corrected chi connectivity index (χ2v) is 10.5. The summed E-state index contributed by atoms with van der Waals surface area (Å²) in [6, 6.07) is 9.86. The molecule has 0 aliphatic carbocycles. The van der Waals surface area contributed by atoms with Crippen molar-refractivity contribution in [1.29, 1.82) is 0 Å². The van der Waals surface area contributed by atoms with Gasteiger partial charge in [-0.25, -0.2) is 8.42 Å². The Morgan fingerprint density at radius 2 is 1.00 bits per heavy atom. The number of rotatable bonds is 2. The monoisotopic (exact) mass is 360 g/mol. The molecule has 0 aliphatic heterocycles. The van der Waals surface area contributed by atoms with E-state index in [1.807, 2.05) is 41.5 Å². The van der Waals surface area contributed by atoms with E-state index < -0.39 is 9.84 Å². The number of hydrogen-bond donors (Lipinski definition) is 2. The molecular formula is C20H28N2O2S. The minimum atomic E-state index is -3.67. The normalized spacial score (nSPS) is 13.0. The molecule has 0 spiro atoms. The lowest BCUT2D eigenvalue weighted by molar-refractivity contribution is 0.586. The Bertz CT molecular complexity index is 833. The van der Waals surface area contributed by atoms with E-state index >= 15 is 0 Å². The molecule has 2 aromatic carbocycles. The van der Waals surface area contributed by atoms with E-state index in [1.165, 1.54) is 12.1 Å². The standard InChI is InChI=1S/C20H28N2O2S/c1-19(2,3)15-9-7-13(11-17(15)21)25(23,24)14-8-10-16(18(22)12-14)20(4,5)6/h7-12H,21-22H2,1-6H3. The van der Waals surface area contributed by atoms with Crippen molar-refractivity contribution in [1.82, 2.24) is 0 Å². The molecule has 0 heterocycles. The van der Waals surface area contributed by atoms with Gasteiger partial charge in [0, 0.05) is 11.4 Å². The first-order valence-electron chi connectivity index (χ1n) is 8.29. The van der Waals surface area contributed by atoms with Crippen LogP contribution < -0.4 is 11.5 Å². The van der Waals surface area contributed by atoms with E-state index in [0.29, 0.717) is 11.4 Å². The molecule has 5 heteroatoms. The summed E-state index contributed by atoms with van der Waals surface area (Å²) in [5.74, 6) is 0. The number of benzene rings is 2. The van der Waals surface area contributed by atoms with Gasteiger partial charge in [-0.2, -0.15) is 0 Å². The van der Waals surface area contributed by atoms with Gasteiger partial charge in [0.2, 0.25) is 9.84 Å². The first kappa shape index (κ1) is 19.3. The molecule has 136 valence electrons. The summed E-state index contributed by atoms with van der Waals surface area (Å²) in [4.78, 5) is 0.363. The van der Waals surface area contributed by atoms with Gasteiger partial charge in [-0.15, -0.1) is 0 Å². The van der Waals surface area contributed by atoms with E-state index in [4.69, 9.17) is 11.5 Å². The molecule has 0 aliphatic rings. The predicted molar refractivity (Wildman–Crippen MR) is 105 cm³/mol. The smallest absolute Gasteiger partial charge is 0.206 e. The molecule has 0 saturated carbocycles. The second kappa shape index (κ2) is 6.06. The van der Waals surface area contributed by atoms with Crippen LogP contribution in [0.5, 0.6) is 0 Å². The molecule has 4 N–H and O–H groups in total. The molecule has 0 saturated heterocycles. The Morgan fingerprint density at radius 3 is 1.24 bits per heavy atom. The maximum absolute atomic E-state index is 12.9. The van der Waals surface area contributed by atoms with Crippen molar-refractivity contribution in [2.45, 2.75) is 62.2 Å². The largest absolute Gasteiger partial charge is 0.398 e. The second-order valence-electron chi connectivity index (χ2n) is 8.50. The molecule has 4 nitrogen and oxygen atoms in total. The van der Waals surface area contributed by atoms with Crippen LogP contribution in [0.25, 0.3) is 0 Å². The summed E-state index contributed by atoms with van der Waals surface area (Å²) in [6.45, 7) is 12.2. The Balaban J connectivity index is 2.53. The number of nitrogen functional groups attached to an aromatic ring is 2. The molecule has 0 unspecified atom stereocenters. The zero-order valence-electron chi connectivity index (χ0n) is 15.8. The van der Waals surface area contributed by atoms with Crippen molar-refractivity contribution < 1.29 is 8.42 Å². The van der Waals surface area contributed by atoms with Gasteiger partial charge in [-0.05, 0) is 46.2 Å². The van der Waals surface area contributed by atoms with E-state index in [1.54, 1.807) is 24.3 Å². The number of nitrogens with two attached hydrogens (primary N) is 2. The molecule has 0 amide bonds. The number of anilines is 2. The van der Waals surface area contributed by atoms with Crippen LogP contribution in [0.3, 0.4) is 0 Å². The van der Waals surface area contributed by atoms with E-state index in [0.717, 1.165) is 11.1 Å². The predicted octanol–water partition coefficient (Wildman–Crippen LogP) is 4.28. The first-order chi connectivity index (χ1) is 11.2. The van der Waals surface area contributed by atoms with Gasteiger partial charge < -0.3 is 11.5 Å². The van der Waals surface area contributed by atoms with E-state index in [9.17, 15) is 8.42 Å². The molecule has 2 rings (SSSR count). The van der Waals surface area contributed by atoms with Crippen LogP contribution in [0, 0.1) is 0 Å². The summed E-state index contributed by atoms with van der Waals surface area (Å²) < 4.78 is 25.9. The molecule has 0 atom stereocenters. The van der Waals surface area contributed by atoms with Crippen LogP contribution in [-0.4, -0.2) is 8.42 Å². The highest BCUT2D eigenvalue weighted by molar-refractivity contribution is 7.91. The van der Waals surface area contributed by atoms with Crippen molar-refractivity contribution in [3.8, 4) is 0 Å². The minimum Gasteiger partial charge on any atom is -0.398 e. The zero-order valence-corrected chi connectivity index (χ0v) is 16.7. The van der Waals surface area contributed by atoms with Crippen molar-refractivity contribution in [2.24, 2.45) is 0 Å². The average Bonchev–Trinajstić information content (AvgIpc) is 2.44. The third-order valence-corrected chi connectivity index (χ3v) is 6.03. The van der Waals surface area contributed by atoms with Crippen LogP contribution in [-0.2, 0) is 20.7 Å². The van der Waals surface area contributed by atoms with Crippen molar-refractivity contribution in [3.63, 3.8) is 0 Å². The van der Waals surface area contributed by atoms with Crippen LogP contribution >= 0.6 is 0 Å². The fourth-order valence-electron chi connectivity index (χ4n) is 2.92. The molecule has 0 fully saturated rings. The summed E-state index contributed by atoms with van der Waals surface area (Å²) in [7, 11) is -3.67. The van der Waals surface area contributed by atoms with Gasteiger partial charge in [0.15, 0.2) is 0 Å². The van der Waals surface area contributed by atoms with E-state index in [-0.39, 0.29) is 20.6 Å². The lowest BCUT2D eigenvalue weighted by Gasteiger charge is -2.22. The lowest BCUT2D eigenvalue weighted by Crippen LogP contribution is -2.16. The van der Waals surface area contributed by atoms with Crippen molar-refractivity contribution in [3.05, 3.63) is 47.5 Å². The molecule has 2 aromatic rings. The zero-order chi connectivity index (χ0) is 19.2. The maximum atomic E-state index is 12.9. The fraction of sp³-hybridized carbons (Fsp3) is 0.400. The molecule has 0 bridgehead atoms. The van der Waals surface area contributed by atoms with Gasteiger partial charge in [0.05, 0.1) is 9.79 Å². The Hall–Kier alpha value is -2.01. The van der Waals surface area contributed by atoms with Gasteiger partial charge >= 0.3 is 0 Å². The Labute approximate surface area is 151 Å². The average molecular weight is 361 g/mol. The molecule has 25 heavy (non-hydrogen) atoms. The highest BCUT2D eigenvalue weighted by atomic mass is 32.2. The number of sulfone groups is 1. The fourth-order valence-corrected chi connectivity index (χ4v) is 4.25. The van der Waals surface area contributed by atoms with Gasteiger partial charge in [-0.3, -0.25) is 0 Å². The SMILES string of the molecule is CC(C)(C)c1ccc(S(=O)(=O)c2ccc(C(C)(C)C)c(N)c2)cc1N. The van der Waals surface area contributed by atoms with E-state index in [2.05, 4.69) is 0 Å². The third kappa shape index (κ3) is 3.82. The van der Waals surface area contributed by atoms with Crippen LogP contribution in [0.1, 0.15) is 52.7 Å². The minimum absolute atomic E-state index is 0.148. The van der Waals surface area contributed by atoms with Crippen LogP contribution in [0.15, 0.2) is 46.2 Å². The number of hydrogen-bond acceptors (Lipinski definition) is 4. The van der Waals surface area contributed by atoms with Crippen molar-refractivity contribution >= 4 is 21.2 Å². The maximum Gasteiger partial charge on any atom is 0.206 e. The van der Waals surface area contributed by atoms with Crippen molar-refractivity contribution in [2.75, 3.05) is 11.5 Å². The topological polar surface area (TPSA) is 86.2 Å². The third-order valence-electron chi connectivity index (χ3n) is 4.28. The van der Waals surface area contributed by atoms with Crippen LogP contribution in [0.4, 0.5) is 11.4 Å². The highest BCUT2D eigenvalue weighted by Crippen LogP contribution is 2.34. The van der Waals surface area contributed by atoms with Gasteiger partial charge in [-0.1, -0.05) is 53.7 Å². The summed E-state index contributed by atoms with van der Waals surface area (Å²) in [6.07, 6.45) is 0. The lowest BCUT2D eigenvalue weighted by atomic mass is 9.86. The van der Waals surface area contributed by atoms with Crippen LogP contribution in [0.2, 0.25) is 0 Å². The molecule has 0 radical (unpaired) electrons.